The van der Waals surface area contributed by atoms with Crippen molar-refractivity contribution in [1.82, 2.24) is 10.3 Å². The van der Waals surface area contributed by atoms with Crippen molar-refractivity contribution in [3.63, 3.8) is 0 Å². The largest absolute Gasteiger partial charge is 0.480 e. The Labute approximate surface area is 127 Å². The number of carbonyl (C=O) groups is 2. The van der Waals surface area contributed by atoms with Gasteiger partial charge in [-0.1, -0.05) is 18.2 Å². The zero-order chi connectivity index (χ0) is 15.5. The third-order valence-electron chi connectivity index (χ3n) is 3.94. The van der Waals surface area contributed by atoms with Gasteiger partial charge >= 0.3 is 5.97 Å². The number of hydrogen-bond donors (Lipinski definition) is 3. The van der Waals surface area contributed by atoms with Crippen molar-refractivity contribution in [2.75, 3.05) is 6.61 Å². The molecular weight excluding hydrogens is 284 g/mol. The van der Waals surface area contributed by atoms with E-state index in [4.69, 9.17) is 4.74 Å². The van der Waals surface area contributed by atoms with Crippen LogP contribution in [0.3, 0.4) is 0 Å². The van der Waals surface area contributed by atoms with Crippen LogP contribution in [0.4, 0.5) is 0 Å². The molecule has 1 aromatic carbocycles. The van der Waals surface area contributed by atoms with Gasteiger partial charge in [0.15, 0.2) is 0 Å². The van der Waals surface area contributed by atoms with Crippen molar-refractivity contribution in [2.24, 2.45) is 0 Å². The molecule has 0 radical (unpaired) electrons. The number of amides is 1. The quantitative estimate of drug-likeness (QED) is 0.779. The highest BCUT2D eigenvalue weighted by Crippen LogP contribution is 2.19. The number of fused-ring (bicyclic) bond motifs is 1. The lowest BCUT2D eigenvalue weighted by molar-refractivity contribution is -0.143. The number of rotatable bonds is 5. The molecule has 0 spiro atoms. The lowest BCUT2D eigenvalue weighted by atomic mass is 10.0. The van der Waals surface area contributed by atoms with Crippen molar-refractivity contribution < 1.29 is 19.4 Å². The van der Waals surface area contributed by atoms with Crippen LogP contribution in [0.2, 0.25) is 0 Å². The van der Waals surface area contributed by atoms with Crippen molar-refractivity contribution >= 4 is 22.8 Å². The van der Waals surface area contributed by atoms with Crippen LogP contribution < -0.4 is 5.32 Å². The maximum Gasteiger partial charge on any atom is 0.326 e. The molecule has 116 valence electrons. The predicted octanol–water partition coefficient (Wildman–Crippen LogP) is 1.46. The number of aliphatic carboxylic acids is 1. The minimum absolute atomic E-state index is 0.234. The number of aromatic amines is 1. The molecule has 1 aliphatic heterocycles. The number of nitrogens with one attached hydrogen (secondary N) is 2. The first-order valence-corrected chi connectivity index (χ1v) is 7.35. The Bertz CT molecular complexity index is 688. The summed E-state index contributed by atoms with van der Waals surface area (Å²) in [6.07, 6.45) is 2.98. The normalized spacial score (nSPS) is 19.2. The highest BCUT2D eigenvalue weighted by atomic mass is 16.5. The molecule has 2 atom stereocenters. The highest BCUT2D eigenvalue weighted by molar-refractivity contribution is 5.88. The summed E-state index contributed by atoms with van der Waals surface area (Å²) in [7, 11) is 0. The van der Waals surface area contributed by atoms with E-state index in [2.05, 4.69) is 10.3 Å². The standard InChI is InChI=1S/C16H18N2O4/c19-15(14-6-3-7-22-14)18-13(16(20)21)8-10-9-17-12-5-2-1-4-11(10)12/h1-2,4-5,9,13-14,17H,3,6-8H2,(H,18,19)(H,20,21)/t13-,14-/m1/s1. The minimum atomic E-state index is -1.04. The summed E-state index contributed by atoms with van der Waals surface area (Å²) in [5.41, 5.74) is 1.82. The van der Waals surface area contributed by atoms with E-state index in [0.717, 1.165) is 22.9 Å². The topological polar surface area (TPSA) is 91.4 Å². The van der Waals surface area contributed by atoms with Crippen LogP contribution in [0, 0.1) is 0 Å². The van der Waals surface area contributed by atoms with Crippen LogP contribution >= 0.6 is 0 Å². The molecule has 1 aliphatic rings. The van der Waals surface area contributed by atoms with Crippen molar-refractivity contribution in [3.8, 4) is 0 Å². The van der Waals surface area contributed by atoms with Gasteiger partial charge in [0, 0.05) is 30.1 Å². The molecule has 2 aromatic rings. The Morgan fingerprint density at radius 1 is 1.41 bits per heavy atom. The van der Waals surface area contributed by atoms with E-state index >= 15 is 0 Å². The van der Waals surface area contributed by atoms with Gasteiger partial charge in [-0.05, 0) is 24.5 Å². The number of hydrogen-bond acceptors (Lipinski definition) is 3. The second-order valence-corrected chi connectivity index (χ2v) is 5.46. The van der Waals surface area contributed by atoms with Gasteiger partial charge in [-0.3, -0.25) is 4.79 Å². The maximum absolute atomic E-state index is 12.0. The molecule has 2 heterocycles. The van der Waals surface area contributed by atoms with Crippen LogP contribution in [0.1, 0.15) is 18.4 Å². The Hall–Kier alpha value is -2.34. The average Bonchev–Trinajstić information content (AvgIpc) is 3.16. The summed E-state index contributed by atoms with van der Waals surface area (Å²) in [6, 6.07) is 6.72. The summed E-state index contributed by atoms with van der Waals surface area (Å²) >= 11 is 0. The van der Waals surface area contributed by atoms with E-state index < -0.39 is 18.1 Å². The van der Waals surface area contributed by atoms with Gasteiger partial charge in [0.05, 0.1) is 0 Å². The number of ether oxygens (including phenoxy) is 1. The Balaban J connectivity index is 1.74. The minimum Gasteiger partial charge on any atom is -0.480 e. The van der Waals surface area contributed by atoms with E-state index in [-0.39, 0.29) is 12.3 Å². The fraction of sp³-hybridized carbons (Fsp3) is 0.375. The van der Waals surface area contributed by atoms with Gasteiger partial charge < -0.3 is 20.1 Å². The third-order valence-corrected chi connectivity index (χ3v) is 3.94. The van der Waals surface area contributed by atoms with Crippen LogP contribution in [-0.4, -0.2) is 40.7 Å². The molecule has 6 heteroatoms. The Morgan fingerprint density at radius 2 is 2.23 bits per heavy atom. The number of aromatic nitrogens is 1. The third kappa shape index (κ3) is 2.96. The molecule has 1 amide bonds. The Morgan fingerprint density at radius 3 is 2.95 bits per heavy atom. The van der Waals surface area contributed by atoms with E-state index in [9.17, 15) is 14.7 Å². The van der Waals surface area contributed by atoms with E-state index in [1.54, 1.807) is 6.20 Å². The molecule has 6 nitrogen and oxygen atoms in total. The molecule has 0 unspecified atom stereocenters. The van der Waals surface area contributed by atoms with Crippen LogP contribution in [-0.2, 0) is 20.7 Å². The fourth-order valence-corrected chi connectivity index (χ4v) is 2.77. The smallest absolute Gasteiger partial charge is 0.326 e. The van der Waals surface area contributed by atoms with Gasteiger partial charge in [0.2, 0.25) is 5.91 Å². The monoisotopic (exact) mass is 302 g/mol. The number of carbonyl (C=O) groups excluding carboxylic acids is 1. The fourth-order valence-electron chi connectivity index (χ4n) is 2.77. The van der Waals surface area contributed by atoms with Gasteiger partial charge in [-0.15, -0.1) is 0 Å². The van der Waals surface area contributed by atoms with Crippen molar-refractivity contribution in [1.29, 1.82) is 0 Å². The zero-order valence-corrected chi connectivity index (χ0v) is 12.0. The van der Waals surface area contributed by atoms with Crippen LogP contribution in [0.15, 0.2) is 30.5 Å². The molecule has 3 N–H and O–H groups in total. The second-order valence-electron chi connectivity index (χ2n) is 5.46. The number of H-pyrrole nitrogens is 1. The highest BCUT2D eigenvalue weighted by Gasteiger charge is 2.28. The maximum atomic E-state index is 12.0. The molecule has 0 aliphatic carbocycles. The van der Waals surface area contributed by atoms with E-state index in [0.29, 0.717) is 13.0 Å². The molecular formula is C16H18N2O4. The Kier molecular flexibility index (Phi) is 4.11. The molecule has 22 heavy (non-hydrogen) atoms. The first-order chi connectivity index (χ1) is 10.6. The van der Waals surface area contributed by atoms with E-state index in [1.807, 2.05) is 24.3 Å². The number of carboxylic acids is 1. The molecule has 1 aromatic heterocycles. The van der Waals surface area contributed by atoms with Gasteiger partial charge in [-0.2, -0.15) is 0 Å². The second kappa shape index (κ2) is 6.19. The molecule has 0 saturated carbocycles. The molecule has 0 bridgehead atoms. The number of para-hydroxylation sites is 1. The number of carboxylic acid groups (broad SMARTS) is 1. The summed E-state index contributed by atoms with van der Waals surface area (Å²) < 4.78 is 5.29. The predicted molar refractivity (Wildman–Crippen MR) is 80.5 cm³/mol. The molecule has 3 rings (SSSR count). The van der Waals surface area contributed by atoms with Crippen LogP contribution in [0.25, 0.3) is 10.9 Å². The summed E-state index contributed by atoms with van der Waals surface area (Å²) in [5, 5.41) is 12.9. The van der Waals surface area contributed by atoms with Gasteiger partial charge in [-0.25, -0.2) is 4.79 Å². The summed E-state index contributed by atoms with van der Waals surface area (Å²) in [4.78, 5) is 26.6. The van der Waals surface area contributed by atoms with Crippen molar-refractivity contribution in [2.45, 2.75) is 31.4 Å². The average molecular weight is 302 g/mol. The lowest BCUT2D eigenvalue weighted by Crippen LogP contribution is -2.46. The van der Waals surface area contributed by atoms with E-state index in [1.165, 1.54) is 0 Å². The first kappa shape index (κ1) is 14.6. The van der Waals surface area contributed by atoms with Gasteiger partial charge in [0.25, 0.3) is 0 Å². The molecule has 1 fully saturated rings. The zero-order valence-electron chi connectivity index (χ0n) is 12.0. The summed E-state index contributed by atoms with van der Waals surface area (Å²) in [6.45, 7) is 0.554. The first-order valence-electron chi connectivity index (χ1n) is 7.35. The van der Waals surface area contributed by atoms with Crippen molar-refractivity contribution in [3.05, 3.63) is 36.0 Å². The molecule has 1 saturated heterocycles. The van der Waals surface area contributed by atoms with Gasteiger partial charge in [0.1, 0.15) is 12.1 Å². The lowest BCUT2D eigenvalue weighted by Gasteiger charge is -2.17. The van der Waals surface area contributed by atoms with Crippen LogP contribution in [0.5, 0.6) is 0 Å². The number of benzene rings is 1. The SMILES string of the molecule is O=C(O)[C@@H](Cc1c[nH]c2ccccc12)NC(=O)[C@H]1CCCO1. The summed E-state index contributed by atoms with van der Waals surface area (Å²) in [5.74, 6) is -1.39.